The molecule has 0 saturated carbocycles. The molecule has 9 heteroatoms. The smallest absolute Gasteiger partial charge is 0.222 e. The second-order valence-corrected chi connectivity index (χ2v) is 7.41. The van der Waals surface area contributed by atoms with E-state index in [-0.39, 0.29) is 37.4 Å². The molecule has 1 unspecified atom stereocenters. The van der Waals surface area contributed by atoms with Crippen molar-refractivity contribution in [1.82, 2.24) is 5.32 Å². The maximum atomic E-state index is 14.3. The quantitative estimate of drug-likeness (QED) is 0.315. The van der Waals surface area contributed by atoms with Gasteiger partial charge < -0.3 is 29.0 Å². The number of carbonyl (C=O) groups excluding carboxylic acids is 2. The summed E-state index contributed by atoms with van der Waals surface area (Å²) in [6.45, 7) is 11.3. The van der Waals surface area contributed by atoms with E-state index in [1.54, 1.807) is 27.7 Å². The average molecular weight is 424 g/mol. The minimum atomic E-state index is -1.32. The molecular formula is C20H38FNO7. The number of nitrogens with one attached hydrogen (secondary N) is 1. The highest BCUT2D eigenvalue weighted by Gasteiger charge is 2.30. The summed E-state index contributed by atoms with van der Waals surface area (Å²) < 4.78 is 40.9. The van der Waals surface area contributed by atoms with Gasteiger partial charge in [0.15, 0.2) is 5.78 Å². The van der Waals surface area contributed by atoms with E-state index < -0.39 is 11.8 Å². The van der Waals surface area contributed by atoms with Crippen molar-refractivity contribution in [2.24, 2.45) is 5.92 Å². The number of carbonyl (C=O) groups is 2. The zero-order chi connectivity index (χ0) is 22.1. The Balaban J connectivity index is 3.52. The van der Waals surface area contributed by atoms with Gasteiger partial charge in [0.2, 0.25) is 5.91 Å². The molecule has 0 heterocycles. The number of alkyl halides is 1. The summed E-state index contributed by atoms with van der Waals surface area (Å²) in [5, 5.41) is 2.57. The number of ether oxygens (including phenoxy) is 5. The topological polar surface area (TPSA) is 92.3 Å². The van der Waals surface area contributed by atoms with Crippen molar-refractivity contribution in [1.29, 1.82) is 0 Å². The molecule has 0 saturated heterocycles. The third-order valence-corrected chi connectivity index (χ3v) is 3.86. The molecule has 172 valence electrons. The number of halogens is 1. The predicted octanol–water partition coefficient (Wildman–Crippen LogP) is 1.55. The predicted molar refractivity (Wildman–Crippen MR) is 107 cm³/mol. The van der Waals surface area contributed by atoms with Crippen LogP contribution in [0.5, 0.6) is 0 Å². The molecule has 0 radical (unpaired) electrons. The highest BCUT2D eigenvalue weighted by Crippen LogP contribution is 2.17. The summed E-state index contributed by atoms with van der Waals surface area (Å²) in [6, 6.07) is 0. The first-order valence-corrected chi connectivity index (χ1v) is 10.0. The van der Waals surface area contributed by atoms with Crippen molar-refractivity contribution in [2.75, 3.05) is 66.0 Å². The monoisotopic (exact) mass is 423 g/mol. The van der Waals surface area contributed by atoms with Crippen LogP contribution >= 0.6 is 0 Å². The van der Waals surface area contributed by atoms with Crippen molar-refractivity contribution in [3.8, 4) is 0 Å². The van der Waals surface area contributed by atoms with Crippen molar-refractivity contribution in [2.45, 2.75) is 46.4 Å². The van der Waals surface area contributed by atoms with Crippen LogP contribution in [-0.2, 0) is 33.3 Å². The second-order valence-electron chi connectivity index (χ2n) is 7.41. The summed E-state index contributed by atoms with van der Waals surface area (Å²) in [6.07, 6.45) is -1.32. The minimum absolute atomic E-state index is 0.0121. The molecule has 0 aliphatic carbocycles. The first-order chi connectivity index (χ1) is 13.7. The van der Waals surface area contributed by atoms with Crippen LogP contribution in [0.15, 0.2) is 0 Å². The van der Waals surface area contributed by atoms with Crippen LogP contribution < -0.4 is 5.32 Å². The summed E-state index contributed by atoms with van der Waals surface area (Å²) in [7, 11) is 0. The lowest BCUT2D eigenvalue weighted by Crippen LogP contribution is -2.45. The Bertz CT molecular complexity index is 447. The molecule has 0 rings (SSSR count). The van der Waals surface area contributed by atoms with Gasteiger partial charge in [-0.3, -0.25) is 9.59 Å². The Morgan fingerprint density at radius 2 is 1.31 bits per heavy atom. The van der Waals surface area contributed by atoms with Gasteiger partial charge in [-0.25, -0.2) is 4.39 Å². The van der Waals surface area contributed by atoms with E-state index in [4.69, 9.17) is 23.7 Å². The highest BCUT2D eigenvalue weighted by molar-refractivity contribution is 5.77. The standard InChI is InChI=1S/C20H38FNO7/c1-16(2)19(24)22-14-18(21)20(4,5)29-13-12-27-9-8-25-6-7-26-10-11-28-15-17(3)23/h16,18H,6-15H2,1-5H3,(H,22,24). The summed E-state index contributed by atoms with van der Waals surface area (Å²) in [4.78, 5) is 22.2. The molecule has 1 amide bonds. The normalized spacial score (nSPS) is 12.9. The van der Waals surface area contributed by atoms with Gasteiger partial charge in [0.1, 0.15) is 12.8 Å². The molecule has 0 bridgehead atoms. The van der Waals surface area contributed by atoms with Crippen LogP contribution in [0, 0.1) is 5.92 Å². The van der Waals surface area contributed by atoms with Gasteiger partial charge >= 0.3 is 0 Å². The zero-order valence-corrected chi connectivity index (χ0v) is 18.5. The number of rotatable bonds is 19. The molecule has 0 aliphatic rings. The van der Waals surface area contributed by atoms with Crippen molar-refractivity contribution >= 4 is 11.7 Å². The molecule has 1 atom stereocenters. The minimum Gasteiger partial charge on any atom is -0.377 e. The van der Waals surface area contributed by atoms with Gasteiger partial charge in [0.05, 0.1) is 65.0 Å². The van der Waals surface area contributed by atoms with Crippen molar-refractivity contribution < 1.29 is 37.7 Å². The summed E-state index contributed by atoms with van der Waals surface area (Å²) in [5.41, 5.74) is -1.02. The number of hydrogen-bond donors (Lipinski definition) is 1. The van der Waals surface area contributed by atoms with E-state index in [1.807, 2.05) is 0 Å². The molecular weight excluding hydrogens is 385 g/mol. The van der Waals surface area contributed by atoms with Gasteiger partial charge in [0, 0.05) is 5.92 Å². The third kappa shape index (κ3) is 16.4. The lowest BCUT2D eigenvalue weighted by atomic mass is 10.0. The summed E-state index contributed by atoms with van der Waals surface area (Å²) in [5.74, 6) is -0.374. The fourth-order valence-electron chi connectivity index (χ4n) is 1.97. The molecule has 0 aromatic rings. The summed E-state index contributed by atoms with van der Waals surface area (Å²) >= 11 is 0. The largest absolute Gasteiger partial charge is 0.377 e. The van der Waals surface area contributed by atoms with E-state index in [0.717, 1.165) is 0 Å². The van der Waals surface area contributed by atoms with Gasteiger partial charge in [-0.15, -0.1) is 0 Å². The SMILES string of the molecule is CC(=O)COCCOCCOCCOCCOC(C)(C)C(F)CNC(=O)C(C)C. The second kappa shape index (κ2) is 16.6. The lowest BCUT2D eigenvalue weighted by Gasteiger charge is -2.29. The maximum Gasteiger partial charge on any atom is 0.222 e. The number of amides is 1. The zero-order valence-electron chi connectivity index (χ0n) is 18.5. The molecule has 0 aromatic heterocycles. The van der Waals surface area contributed by atoms with Crippen LogP contribution in [-0.4, -0.2) is 89.5 Å². The van der Waals surface area contributed by atoms with E-state index in [2.05, 4.69) is 5.32 Å². The third-order valence-electron chi connectivity index (χ3n) is 3.86. The van der Waals surface area contributed by atoms with E-state index in [0.29, 0.717) is 46.2 Å². The fraction of sp³-hybridized carbons (Fsp3) is 0.900. The van der Waals surface area contributed by atoms with Crippen LogP contribution in [0.4, 0.5) is 4.39 Å². The first-order valence-electron chi connectivity index (χ1n) is 10.0. The maximum absolute atomic E-state index is 14.3. The van der Waals surface area contributed by atoms with E-state index in [9.17, 15) is 14.0 Å². The fourth-order valence-corrected chi connectivity index (χ4v) is 1.97. The molecule has 8 nitrogen and oxygen atoms in total. The molecule has 0 aromatic carbocycles. The Morgan fingerprint density at radius 3 is 1.76 bits per heavy atom. The van der Waals surface area contributed by atoms with Gasteiger partial charge in [-0.05, 0) is 20.8 Å². The number of ketones is 1. The first kappa shape index (κ1) is 27.9. The van der Waals surface area contributed by atoms with Gasteiger partial charge in [-0.1, -0.05) is 13.8 Å². The van der Waals surface area contributed by atoms with Crippen LogP contribution in [0.25, 0.3) is 0 Å². The Labute approximate surface area is 173 Å². The van der Waals surface area contributed by atoms with E-state index in [1.165, 1.54) is 6.92 Å². The number of Topliss-reactive ketones (excluding diaryl/α,β-unsaturated/α-hetero) is 1. The Morgan fingerprint density at radius 1 is 0.862 bits per heavy atom. The highest BCUT2D eigenvalue weighted by atomic mass is 19.1. The van der Waals surface area contributed by atoms with Crippen LogP contribution in [0.1, 0.15) is 34.6 Å². The molecule has 29 heavy (non-hydrogen) atoms. The lowest BCUT2D eigenvalue weighted by molar-refractivity contribution is -0.126. The van der Waals surface area contributed by atoms with Crippen molar-refractivity contribution in [3.63, 3.8) is 0 Å². The molecule has 0 spiro atoms. The number of hydrogen-bond acceptors (Lipinski definition) is 7. The molecule has 0 aliphatic heterocycles. The molecule has 0 fully saturated rings. The van der Waals surface area contributed by atoms with Gasteiger partial charge in [0.25, 0.3) is 0 Å². The van der Waals surface area contributed by atoms with Crippen LogP contribution in [0.3, 0.4) is 0 Å². The molecule has 1 N–H and O–H groups in total. The van der Waals surface area contributed by atoms with Crippen LogP contribution in [0.2, 0.25) is 0 Å². The average Bonchev–Trinajstić information content (AvgIpc) is 2.65. The Hall–Kier alpha value is -1.13. The van der Waals surface area contributed by atoms with Gasteiger partial charge in [-0.2, -0.15) is 0 Å². The van der Waals surface area contributed by atoms with Crippen molar-refractivity contribution in [3.05, 3.63) is 0 Å². The Kier molecular flexibility index (Phi) is 16.0. The van der Waals surface area contributed by atoms with E-state index >= 15 is 0 Å².